The van der Waals surface area contributed by atoms with E-state index in [0.29, 0.717) is 25.4 Å². The monoisotopic (exact) mass is 450 g/mol. The van der Waals surface area contributed by atoms with E-state index in [2.05, 4.69) is 0 Å². The van der Waals surface area contributed by atoms with Gasteiger partial charge in [0.2, 0.25) is 11.4 Å². The fraction of sp³-hybridized carbons (Fsp3) is 0.583. The van der Waals surface area contributed by atoms with Crippen molar-refractivity contribution >= 4 is 11.9 Å². The highest BCUT2D eigenvalue weighted by molar-refractivity contribution is 5.53. The highest BCUT2D eigenvalue weighted by Gasteiger charge is 2.42. The second-order valence-corrected chi connectivity index (χ2v) is 7.24. The smallest absolute Gasteiger partial charge is 0.233 e. The van der Waals surface area contributed by atoms with Gasteiger partial charge in [-0.25, -0.2) is 9.59 Å². The topological polar surface area (TPSA) is 80.3 Å². The number of ether oxygens (including phenoxy) is 4. The van der Waals surface area contributed by atoms with Crippen molar-refractivity contribution in [2.75, 3.05) is 60.9 Å². The summed E-state index contributed by atoms with van der Waals surface area (Å²) in [7, 11) is 4.73. The van der Waals surface area contributed by atoms with E-state index in [-0.39, 0.29) is 50.6 Å². The number of nitrogens with zero attached hydrogens (tertiary/aromatic N) is 1. The molecule has 0 spiro atoms. The summed E-state index contributed by atoms with van der Waals surface area (Å²) in [6.07, 6.45) is 1.98. The van der Waals surface area contributed by atoms with Crippen LogP contribution in [0.15, 0.2) is 35.7 Å². The van der Waals surface area contributed by atoms with E-state index in [1.165, 1.54) is 0 Å². The van der Waals surface area contributed by atoms with Crippen LogP contribution in [0.3, 0.4) is 0 Å². The van der Waals surface area contributed by atoms with Gasteiger partial charge in [-0.3, -0.25) is 0 Å². The Kier molecular flexibility index (Phi) is 14.2. The summed E-state index contributed by atoms with van der Waals surface area (Å²) < 4.78 is 20.9. The van der Waals surface area contributed by atoms with E-state index in [1.807, 2.05) is 43.1 Å². The highest BCUT2D eigenvalue weighted by atomic mass is 16.7. The van der Waals surface area contributed by atoms with E-state index in [9.17, 15) is 9.59 Å². The number of rotatable bonds is 18. The van der Waals surface area contributed by atoms with E-state index in [4.69, 9.17) is 23.8 Å². The minimum atomic E-state index is -0.418. The maximum absolute atomic E-state index is 12.0. The normalized spacial score (nSPS) is 12.5. The van der Waals surface area contributed by atoms with Crippen LogP contribution in [0.1, 0.15) is 31.2 Å². The van der Waals surface area contributed by atoms with Crippen molar-refractivity contribution in [2.45, 2.75) is 32.6 Å². The Morgan fingerprint density at radius 3 is 1.97 bits per heavy atom. The Balaban J connectivity index is 3.20. The number of aryl methyl sites for hydroxylation is 1. The third-order valence-corrected chi connectivity index (χ3v) is 4.91. The molecule has 1 aromatic carbocycles. The van der Waals surface area contributed by atoms with Gasteiger partial charge in [0, 0.05) is 27.9 Å². The highest BCUT2D eigenvalue weighted by Crippen LogP contribution is 2.29. The lowest BCUT2D eigenvalue weighted by Gasteiger charge is -2.34. The molecule has 0 aliphatic heterocycles. The van der Waals surface area contributed by atoms with Gasteiger partial charge in [-0.05, 0) is 37.5 Å². The Morgan fingerprint density at radius 2 is 1.44 bits per heavy atom. The fourth-order valence-corrected chi connectivity index (χ4v) is 3.23. The molecule has 0 atom stereocenters. The zero-order valence-electron chi connectivity index (χ0n) is 19.7. The molecule has 1 aromatic rings. The summed E-state index contributed by atoms with van der Waals surface area (Å²) in [6, 6.07) is 7.66. The van der Waals surface area contributed by atoms with Crippen LogP contribution in [0.4, 0.5) is 0 Å². The van der Waals surface area contributed by atoms with Gasteiger partial charge < -0.3 is 18.9 Å². The predicted octanol–water partition coefficient (Wildman–Crippen LogP) is 3.05. The Hall–Kier alpha value is -2.28. The van der Waals surface area contributed by atoms with Crippen LogP contribution in [0, 0.1) is 6.92 Å². The lowest BCUT2D eigenvalue weighted by Crippen LogP contribution is -2.50. The molecule has 0 radical (unpaired) electrons. The summed E-state index contributed by atoms with van der Waals surface area (Å²) in [6.45, 7) is 3.86. The number of benzene rings is 1. The fourth-order valence-electron chi connectivity index (χ4n) is 3.23. The number of hydrogen-bond acceptors (Lipinski definition) is 7. The van der Waals surface area contributed by atoms with Gasteiger partial charge in [0.1, 0.15) is 19.0 Å². The first-order chi connectivity index (χ1) is 15.6. The van der Waals surface area contributed by atoms with Crippen LogP contribution in [0.2, 0.25) is 0 Å². The molecule has 0 fully saturated rings. The van der Waals surface area contributed by atoms with Gasteiger partial charge in [-0.1, -0.05) is 12.1 Å². The summed E-state index contributed by atoms with van der Waals surface area (Å²) in [5.41, 5.74) is 1.57. The summed E-state index contributed by atoms with van der Waals surface area (Å²) >= 11 is 0. The van der Waals surface area contributed by atoms with Gasteiger partial charge in [-0.15, -0.1) is 4.65 Å². The molecule has 0 N–H and O–H groups in total. The number of hydroxylamine groups is 3. The van der Waals surface area contributed by atoms with Crippen LogP contribution < -0.4 is 4.74 Å². The van der Waals surface area contributed by atoms with Gasteiger partial charge in [0.15, 0.2) is 18.4 Å². The van der Waals surface area contributed by atoms with Gasteiger partial charge in [0.05, 0.1) is 26.1 Å². The van der Waals surface area contributed by atoms with Crippen LogP contribution >= 0.6 is 0 Å². The van der Waals surface area contributed by atoms with E-state index in [1.54, 1.807) is 21.3 Å². The molecule has 0 amide bonds. The van der Waals surface area contributed by atoms with Crippen molar-refractivity contribution in [3.05, 3.63) is 41.2 Å². The molecule has 1 rings (SSSR count). The molecule has 8 heteroatoms. The lowest BCUT2D eigenvalue weighted by atomic mass is 10.2. The molecule has 0 aliphatic rings. The van der Waals surface area contributed by atoms with Crippen molar-refractivity contribution in [3.8, 4) is 5.75 Å². The van der Waals surface area contributed by atoms with Crippen molar-refractivity contribution in [3.63, 3.8) is 0 Å². The first kappa shape index (κ1) is 27.8. The summed E-state index contributed by atoms with van der Waals surface area (Å²) in [4.78, 5) is 30.3. The van der Waals surface area contributed by atoms with Crippen molar-refractivity contribution in [2.24, 2.45) is 0 Å². The van der Waals surface area contributed by atoms with Gasteiger partial charge in [-0.2, -0.15) is 4.84 Å². The average Bonchev–Trinajstić information content (AvgIpc) is 2.79. The molecule has 0 unspecified atom stereocenters. The molecule has 0 bridgehead atoms. The number of methoxy groups -OCH3 is 3. The van der Waals surface area contributed by atoms with E-state index < -0.39 is 4.65 Å². The number of hydrogen-bond donors (Lipinski definition) is 0. The first-order valence-corrected chi connectivity index (χ1v) is 10.8. The van der Waals surface area contributed by atoms with Crippen LogP contribution in [0.5, 0.6) is 5.75 Å². The van der Waals surface area contributed by atoms with Crippen molar-refractivity contribution < 1.29 is 38.0 Å². The zero-order valence-corrected chi connectivity index (χ0v) is 19.7. The summed E-state index contributed by atoms with van der Waals surface area (Å²) in [5, 5.41) is 0. The Morgan fingerprint density at radius 1 is 0.844 bits per heavy atom. The van der Waals surface area contributed by atoms with E-state index in [0.717, 1.165) is 12.0 Å². The second kappa shape index (κ2) is 16.4. The molecular formula is C24H36NO7+. The lowest BCUT2D eigenvalue weighted by molar-refractivity contribution is -1.05. The summed E-state index contributed by atoms with van der Waals surface area (Å²) in [5.74, 6) is 4.68. The minimum Gasteiger partial charge on any atom is -0.488 e. The van der Waals surface area contributed by atoms with Gasteiger partial charge in [0.25, 0.3) is 0 Å². The molecular weight excluding hydrogens is 414 g/mol. The third-order valence-electron chi connectivity index (χ3n) is 4.91. The van der Waals surface area contributed by atoms with Gasteiger partial charge >= 0.3 is 0 Å². The third kappa shape index (κ3) is 9.07. The molecule has 178 valence electrons. The maximum Gasteiger partial charge on any atom is 0.233 e. The Bertz CT molecular complexity index is 737. The molecule has 0 aliphatic carbocycles. The minimum absolute atomic E-state index is 0.195. The molecule has 0 heterocycles. The van der Waals surface area contributed by atoms with Crippen LogP contribution in [0.25, 0.3) is 0 Å². The van der Waals surface area contributed by atoms with Crippen molar-refractivity contribution in [1.29, 1.82) is 0 Å². The Labute approximate surface area is 190 Å². The number of quaternary nitrogens is 1. The quantitative estimate of drug-likeness (QED) is 0.147. The molecule has 0 saturated heterocycles. The van der Waals surface area contributed by atoms with E-state index >= 15 is 0 Å². The maximum atomic E-state index is 12.0. The first-order valence-electron chi connectivity index (χ1n) is 10.8. The molecule has 8 nitrogen and oxygen atoms in total. The molecule has 0 saturated carbocycles. The largest absolute Gasteiger partial charge is 0.488 e. The zero-order chi connectivity index (χ0) is 23.7. The SMILES string of the molecule is COCCCCO[N+](CCOc1cccc(C)c1)(C(=C=O)CCOC)C(=C=O)CCOC. The predicted molar refractivity (Wildman–Crippen MR) is 120 cm³/mol. The van der Waals surface area contributed by atoms with Crippen LogP contribution in [-0.2, 0) is 28.6 Å². The number of carbonyl (C=O) groups excluding carboxylic acids is 2. The average molecular weight is 451 g/mol. The number of unbranched alkanes of at least 4 members (excludes halogenated alkanes) is 1. The van der Waals surface area contributed by atoms with Crippen LogP contribution in [-0.4, -0.2) is 77.4 Å². The van der Waals surface area contributed by atoms with Crippen molar-refractivity contribution in [1.82, 2.24) is 0 Å². The second-order valence-electron chi connectivity index (χ2n) is 7.24. The standard InChI is InChI=1S/C24H36NO7/c1-21-8-7-9-24(18-21)31-17-12-25(22(19-26)10-15-29-3,23(20-27)11-16-30-4)32-14-6-5-13-28-2/h7-9,18H,5-6,10-17H2,1-4H3/q+1. The molecule has 0 aromatic heterocycles. The molecule has 32 heavy (non-hydrogen) atoms.